The maximum Gasteiger partial charge on any atom is 0.337 e. The van der Waals surface area contributed by atoms with Crippen molar-refractivity contribution in [3.63, 3.8) is 0 Å². The van der Waals surface area contributed by atoms with Crippen LogP contribution in [0.25, 0.3) is 22.3 Å². The van der Waals surface area contributed by atoms with E-state index in [1.165, 1.54) is 80.2 Å². The van der Waals surface area contributed by atoms with Crippen LogP contribution in [-0.4, -0.2) is 58.3 Å². The van der Waals surface area contributed by atoms with E-state index in [0.717, 1.165) is 38.8 Å². The van der Waals surface area contributed by atoms with Crippen LogP contribution >= 0.6 is 0 Å². The summed E-state index contributed by atoms with van der Waals surface area (Å²) in [4.78, 5) is 30.9. The Bertz CT molecular complexity index is 2230. The Kier molecular flexibility index (Phi) is 12.9. The number of aryl methyl sites for hydroxylation is 2. The molecule has 0 saturated carbocycles. The van der Waals surface area contributed by atoms with Crippen LogP contribution in [0.3, 0.4) is 0 Å². The van der Waals surface area contributed by atoms with Gasteiger partial charge in [-0.15, -0.1) is 0 Å². The summed E-state index contributed by atoms with van der Waals surface area (Å²) in [5, 5.41) is 32.3. The number of pyridine rings is 2. The molecule has 2 aliphatic rings. The number of nitrogens with zero attached hydrogens (tertiary/aromatic N) is 2. The third-order valence-corrected chi connectivity index (χ3v) is 11.1. The zero-order valence-electron chi connectivity index (χ0n) is 33.0. The van der Waals surface area contributed by atoms with Crippen molar-refractivity contribution in [2.75, 3.05) is 36.8 Å². The van der Waals surface area contributed by atoms with Crippen molar-refractivity contribution in [2.45, 2.75) is 51.6 Å². The molecule has 10 heteroatoms. The van der Waals surface area contributed by atoms with Gasteiger partial charge in [0.15, 0.2) is 0 Å². The van der Waals surface area contributed by atoms with Gasteiger partial charge in [0.25, 0.3) is 0 Å². The first-order valence-corrected chi connectivity index (χ1v) is 20.1. The second-order valence-electron chi connectivity index (χ2n) is 14.6. The molecule has 0 spiro atoms. The van der Waals surface area contributed by atoms with Crippen molar-refractivity contribution in [3.05, 3.63) is 166 Å². The van der Waals surface area contributed by atoms with Crippen molar-refractivity contribution in [1.82, 2.24) is 20.6 Å². The molecule has 58 heavy (non-hydrogen) atoms. The summed E-state index contributed by atoms with van der Waals surface area (Å²) >= 11 is 0. The Hall–Kier alpha value is -6.36. The van der Waals surface area contributed by atoms with E-state index >= 15 is 0 Å². The van der Waals surface area contributed by atoms with Gasteiger partial charge in [0.2, 0.25) is 0 Å². The summed E-state index contributed by atoms with van der Waals surface area (Å²) < 4.78 is 0. The van der Waals surface area contributed by atoms with Crippen LogP contribution in [-0.2, 0) is 25.7 Å². The molecule has 296 valence electrons. The van der Waals surface area contributed by atoms with Crippen LogP contribution in [0.2, 0.25) is 0 Å². The summed E-state index contributed by atoms with van der Waals surface area (Å²) in [6.45, 7) is 7.38. The number of anilines is 2. The molecule has 6 aromatic rings. The van der Waals surface area contributed by atoms with E-state index in [0.29, 0.717) is 24.5 Å². The summed E-state index contributed by atoms with van der Waals surface area (Å²) in [6.07, 6.45) is 10.1. The molecule has 2 aromatic heterocycles. The van der Waals surface area contributed by atoms with E-state index in [4.69, 9.17) is 0 Å². The molecule has 0 aliphatic carbocycles. The van der Waals surface area contributed by atoms with Crippen molar-refractivity contribution < 1.29 is 19.8 Å². The van der Waals surface area contributed by atoms with Crippen molar-refractivity contribution in [2.24, 2.45) is 0 Å². The molecule has 2 atom stereocenters. The summed E-state index contributed by atoms with van der Waals surface area (Å²) in [6, 6.07) is 33.8. The molecule has 4 heterocycles. The first kappa shape index (κ1) is 39.9. The van der Waals surface area contributed by atoms with Gasteiger partial charge in [-0.05, 0) is 107 Å². The van der Waals surface area contributed by atoms with Crippen LogP contribution in [0.15, 0.2) is 122 Å². The summed E-state index contributed by atoms with van der Waals surface area (Å²) in [5.74, 6) is -1.91. The monoisotopic (exact) mass is 774 g/mol. The molecule has 10 nitrogen and oxygen atoms in total. The van der Waals surface area contributed by atoms with Gasteiger partial charge in [0.1, 0.15) is 0 Å². The molecule has 6 N–H and O–H groups in total. The second-order valence-corrected chi connectivity index (χ2v) is 14.6. The molecule has 0 unspecified atom stereocenters. The van der Waals surface area contributed by atoms with Gasteiger partial charge < -0.3 is 31.5 Å². The number of carboxylic acid groups (broad SMARTS) is 2. The Labute approximate surface area is 339 Å². The van der Waals surface area contributed by atoms with E-state index in [1.54, 1.807) is 12.4 Å². The highest BCUT2D eigenvalue weighted by Gasteiger charge is 2.23. The summed E-state index contributed by atoms with van der Waals surface area (Å²) in [5.41, 5.74) is 14.6. The van der Waals surface area contributed by atoms with Gasteiger partial charge in [0.05, 0.1) is 34.9 Å². The predicted octanol–water partition coefficient (Wildman–Crippen LogP) is 8.62. The lowest BCUT2D eigenvalue weighted by Gasteiger charge is -2.28. The number of hydrogen-bond acceptors (Lipinski definition) is 8. The van der Waals surface area contributed by atoms with Gasteiger partial charge in [-0.2, -0.15) is 0 Å². The number of aromatic carboxylic acids is 2. The molecule has 0 saturated heterocycles. The SMILES string of the molecule is CCc1ccccc1-c1ccc2c(c1)CCN[C@@H]2CNc1cnccc1C(=O)O.CCc1ccccc1-c1ccc2c(c1)CCN[C@H]2CNc1cnccc1C(=O)O. The highest BCUT2D eigenvalue weighted by atomic mass is 16.4. The van der Waals surface area contributed by atoms with E-state index in [-0.39, 0.29) is 23.2 Å². The molecule has 8 rings (SSSR count). The Balaban J connectivity index is 0.000000177. The van der Waals surface area contributed by atoms with E-state index in [1.807, 2.05) is 0 Å². The lowest BCUT2D eigenvalue weighted by molar-refractivity contribution is 0.0687. The Morgan fingerprint density at radius 3 is 1.47 bits per heavy atom. The van der Waals surface area contributed by atoms with Gasteiger partial charge in [0, 0.05) is 37.6 Å². The maximum atomic E-state index is 11.4. The predicted molar refractivity (Wildman–Crippen MR) is 231 cm³/mol. The first-order chi connectivity index (χ1) is 28.3. The minimum absolute atomic E-state index is 0.121. The van der Waals surface area contributed by atoms with Gasteiger partial charge in [-0.1, -0.05) is 98.8 Å². The average Bonchev–Trinajstić information content (AvgIpc) is 3.27. The average molecular weight is 775 g/mol. The molecule has 0 bridgehead atoms. The molecular weight excluding hydrogens is 725 g/mol. The Morgan fingerprint density at radius 1 is 0.621 bits per heavy atom. The maximum absolute atomic E-state index is 11.4. The summed E-state index contributed by atoms with van der Waals surface area (Å²) in [7, 11) is 0. The van der Waals surface area contributed by atoms with Crippen molar-refractivity contribution in [1.29, 1.82) is 0 Å². The lowest BCUT2D eigenvalue weighted by atomic mass is 9.89. The number of carbonyl (C=O) groups is 2. The van der Waals surface area contributed by atoms with Crippen LogP contribution in [0.1, 0.15) is 80.0 Å². The van der Waals surface area contributed by atoms with E-state index in [2.05, 4.69) is 130 Å². The van der Waals surface area contributed by atoms with Crippen LogP contribution in [0, 0.1) is 0 Å². The zero-order valence-corrected chi connectivity index (χ0v) is 33.0. The number of rotatable bonds is 12. The number of carboxylic acids is 2. The largest absolute Gasteiger partial charge is 0.478 e. The number of fused-ring (bicyclic) bond motifs is 2. The third-order valence-electron chi connectivity index (χ3n) is 11.1. The first-order valence-electron chi connectivity index (χ1n) is 20.1. The molecule has 2 aliphatic heterocycles. The smallest absolute Gasteiger partial charge is 0.337 e. The van der Waals surface area contributed by atoms with Crippen LogP contribution in [0.5, 0.6) is 0 Å². The molecule has 0 fully saturated rings. The standard InChI is InChI=1S/2C24H25N3O2/c2*1-2-16-5-3-4-6-19(16)17-7-8-20-18(13-17)9-12-26-23(20)15-27-22-14-25-11-10-21(22)24(28)29/h2*3-8,10-11,13-14,23,26-27H,2,9,12,15H2,1H3,(H,28,29)/t2*23-/m10/s1. The Morgan fingerprint density at radius 2 is 1.05 bits per heavy atom. The van der Waals surface area contributed by atoms with Gasteiger partial charge in [-0.3, -0.25) is 9.97 Å². The topological polar surface area (TPSA) is 148 Å². The van der Waals surface area contributed by atoms with Crippen LogP contribution in [0.4, 0.5) is 11.4 Å². The number of aromatic nitrogens is 2. The minimum atomic E-state index is -0.953. The number of nitrogens with one attached hydrogen (secondary N) is 4. The van der Waals surface area contributed by atoms with Crippen LogP contribution < -0.4 is 21.3 Å². The fourth-order valence-corrected chi connectivity index (χ4v) is 8.09. The highest BCUT2D eigenvalue weighted by Crippen LogP contribution is 2.33. The number of benzene rings is 4. The zero-order chi connectivity index (χ0) is 40.4. The molecule has 4 aromatic carbocycles. The normalized spacial score (nSPS) is 15.6. The third kappa shape index (κ3) is 9.09. The quantitative estimate of drug-likeness (QED) is 0.0714. The molecule has 0 amide bonds. The molecule has 0 radical (unpaired) electrons. The van der Waals surface area contributed by atoms with Crippen molar-refractivity contribution in [3.8, 4) is 22.3 Å². The van der Waals surface area contributed by atoms with Gasteiger partial charge >= 0.3 is 11.9 Å². The number of hydrogen-bond donors (Lipinski definition) is 6. The fraction of sp³-hybridized carbons (Fsp3) is 0.250. The highest BCUT2D eigenvalue weighted by molar-refractivity contribution is 5.94. The molecular formula is C48H50N6O4. The van der Waals surface area contributed by atoms with E-state index in [9.17, 15) is 19.8 Å². The van der Waals surface area contributed by atoms with E-state index < -0.39 is 11.9 Å². The minimum Gasteiger partial charge on any atom is -0.478 e. The van der Waals surface area contributed by atoms with Gasteiger partial charge in [-0.25, -0.2) is 9.59 Å². The lowest BCUT2D eigenvalue weighted by Crippen LogP contribution is -2.34. The van der Waals surface area contributed by atoms with Crippen molar-refractivity contribution >= 4 is 23.3 Å². The fourth-order valence-electron chi connectivity index (χ4n) is 8.09. The second kappa shape index (κ2) is 18.7.